The molecular weight excluding hydrogens is 708 g/mol. The number of rotatable bonds is 4. The van der Waals surface area contributed by atoms with Crippen molar-refractivity contribution in [3.63, 3.8) is 0 Å². The molecule has 1 N–H and O–H groups in total. The van der Waals surface area contributed by atoms with Crippen LogP contribution in [0.2, 0.25) is 5.02 Å². The van der Waals surface area contributed by atoms with E-state index in [4.69, 9.17) is 25.8 Å². The average molecular weight is 767 g/mol. The number of piperazine rings is 1. The van der Waals surface area contributed by atoms with Gasteiger partial charge in [0.2, 0.25) is 0 Å². The van der Waals surface area contributed by atoms with Gasteiger partial charge in [-0.25, -0.2) is 4.21 Å². The number of aryl methyl sites for hydroxylation is 1. The van der Waals surface area contributed by atoms with Crippen LogP contribution >= 0.6 is 11.6 Å². The van der Waals surface area contributed by atoms with Crippen LogP contribution in [0.4, 0.5) is 5.69 Å². The summed E-state index contributed by atoms with van der Waals surface area (Å²) < 4.78 is 36.3. The summed E-state index contributed by atoms with van der Waals surface area (Å²) in [5, 5.41) is 0.604. The first kappa shape index (κ1) is 37.7. The number of hydrogen-bond acceptors (Lipinski definition) is 8. The van der Waals surface area contributed by atoms with Gasteiger partial charge in [0.05, 0.1) is 36.4 Å². The summed E-state index contributed by atoms with van der Waals surface area (Å²) in [6, 6.07) is 12.6. The van der Waals surface area contributed by atoms with E-state index >= 15 is 0 Å². The highest BCUT2D eigenvalue weighted by Gasteiger charge is 2.51. The molecule has 6 aliphatic rings. The maximum atomic E-state index is 13.7. The normalized spacial score (nSPS) is 35.5. The Morgan fingerprint density at radius 1 is 1.04 bits per heavy atom. The summed E-state index contributed by atoms with van der Waals surface area (Å²) in [5.74, 6) is 1.54. The Morgan fingerprint density at radius 3 is 2.75 bits per heavy atom. The predicted octanol–water partition coefficient (Wildman–Crippen LogP) is 6.23. The fourth-order valence-corrected chi connectivity index (χ4v) is 11.9. The number of anilines is 1. The molecule has 2 aliphatic carbocycles. The molecule has 1 saturated carbocycles. The summed E-state index contributed by atoms with van der Waals surface area (Å²) in [4.78, 5) is 21.5. The Balaban J connectivity index is 1.17. The number of halogens is 1. The van der Waals surface area contributed by atoms with E-state index in [0.29, 0.717) is 36.7 Å². The average Bonchev–Trinajstić information content (AvgIpc) is 3.29. The predicted molar refractivity (Wildman–Crippen MR) is 211 cm³/mol. The highest BCUT2D eigenvalue weighted by Crippen LogP contribution is 2.50. The van der Waals surface area contributed by atoms with Gasteiger partial charge in [-0.05, 0) is 118 Å². The summed E-state index contributed by atoms with van der Waals surface area (Å²) >= 11 is 6.54. The van der Waals surface area contributed by atoms with E-state index in [1.54, 1.807) is 0 Å². The first-order chi connectivity index (χ1) is 25.7. The third-order valence-electron chi connectivity index (χ3n) is 13.9. The van der Waals surface area contributed by atoms with Gasteiger partial charge in [-0.1, -0.05) is 31.0 Å². The molecule has 4 aliphatic heterocycles. The van der Waals surface area contributed by atoms with Crippen molar-refractivity contribution >= 4 is 34.2 Å². The number of benzene rings is 2. The number of ether oxygens (including phenoxy) is 3. The van der Waals surface area contributed by atoms with Gasteiger partial charge in [0.1, 0.15) is 16.7 Å². The minimum absolute atomic E-state index is 0.176. The first-order valence-electron chi connectivity index (χ1n) is 20.4. The molecule has 2 saturated heterocycles. The Kier molecular flexibility index (Phi) is 11.2. The van der Waals surface area contributed by atoms with Gasteiger partial charge in [-0.2, -0.15) is 0 Å². The molecule has 2 aromatic carbocycles. The van der Waals surface area contributed by atoms with Crippen LogP contribution in [0.3, 0.4) is 0 Å². The van der Waals surface area contributed by atoms with E-state index in [-0.39, 0.29) is 28.1 Å². The van der Waals surface area contributed by atoms with Gasteiger partial charge >= 0.3 is 0 Å². The van der Waals surface area contributed by atoms with E-state index in [1.165, 1.54) is 11.1 Å². The largest absolute Gasteiger partial charge is 0.490 e. The van der Waals surface area contributed by atoms with Crippen molar-refractivity contribution in [2.75, 3.05) is 77.1 Å². The number of nitrogens with one attached hydrogen (secondary N) is 1. The summed E-state index contributed by atoms with van der Waals surface area (Å²) in [6.07, 6.45) is 8.34. The first-order valence-corrected chi connectivity index (χ1v) is 22.0. The zero-order valence-corrected chi connectivity index (χ0v) is 33.5. The van der Waals surface area contributed by atoms with E-state index in [9.17, 15) is 9.00 Å². The number of carbonyl (C=O) groups excluding carboxylic acids is 1. The van der Waals surface area contributed by atoms with Crippen molar-refractivity contribution in [1.29, 1.82) is 0 Å². The lowest BCUT2D eigenvalue weighted by molar-refractivity contribution is -0.154. The van der Waals surface area contributed by atoms with Gasteiger partial charge in [0, 0.05) is 74.5 Å². The van der Waals surface area contributed by atoms with Crippen molar-refractivity contribution in [3.05, 3.63) is 58.1 Å². The molecule has 2 bridgehead atoms. The maximum Gasteiger partial charge on any atom is 0.263 e. The molecule has 0 aromatic heterocycles. The quantitative estimate of drug-likeness (QED) is 0.393. The van der Waals surface area contributed by atoms with Crippen LogP contribution in [0.15, 0.2) is 36.4 Å². The molecule has 0 radical (unpaired) electrons. The topological polar surface area (TPSA) is 83.6 Å². The van der Waals surface area contributed by atoms with Gasteiger partial charge in [-0.3, -0.25) is 19.3 Å². The zero-order chi connectivity index (χ0) is 36.7. The second-order valence-electron chi connectivity index (χ2n) is 17.0. The lowest BCUT2D eigenvalue weighted by Gasteiger charge is -2.54. The van der Waals surface area contributed by atoms with Crippen LogP contribution in [-0.4, -0.2) is 109 Å². The maximum absolute atomic E-state index is 13.7. The van der Waals surface area contributed by atoms with Crippen LogP contribution in [0, 0.1) is 17.8 Å². The van der Waals surface area contributed by atoms with E-state index in [2.05, 4.69) is 45.4 Å². The second kappa shape index (κ2) is 15.7. The SMILES string of the molecule is CCO[C@]1(CN2CCN3CCOCC3C2)CCCC(C)C(C)S(=O)NC(=O)c2ccc3c(c2)N(CC2CCC21)C[C@@]1(CCCc2cc(Cl)ccc21)CO3. The lowest BCUT2D eigenvalue weighted by atomic mass is 9.62. The van der Waals surface area contributed by atoms with Crippen LogP contribution in [-0.2, 0) is 32.3 Å². The molecule has 6 unspecified atom stereocenters. The number of hydrogen-bond donors (Lipinski definition) is 1. The van der Waals surface area contributed by atoms with Crippen molar-refractivity contribution in [2.24, 2.45) is 17.8 Å². The molecule has 8 atom stereocenters. The minimum Gasteiger partial charge on any atom is -0.490 e. The minimum atomic E-state index is -1.51. The fraction of sp³-hybridized carbons (Fsp3) is 0.690. The summed E-state index contributed by atoms with van der Waals surface area (Å²) in [5.41, 5.74) is 3.65. The van der Waals surface area contributed by atoms with Gasteiger partial charge < -0.3 is 19.1 Å². The Bertz CT molecular complexity index is 1680. The van der Waals surface area contributed by atoms with Crippen LogP contribution in [0.5, 0.6) is 5.75 Å². The molecule has 53 heavy (non-hydrogen) atoms. The standard InChI is InChI=1S/C42H59ClN4O5S/c1-4-52-42(27-45-17-18-46-19-20-50-25-35(46)24-45)16-5-7-29(2)30(3)53(49)44-40(48)32-10-14-39-38(22-32)47(23-33-9-12-37(33)42)26-41(28-51-39)15-6-8-31-21-34(43)11-13-36(31)41/h10-11,13-14,21-22,29-30,33,35,37H,4-9,12,15-20,23-28H2,1-3H3,(H,44,48)/t29?,30?,33?,35?,37?,41-,42-,53?/m0/s1. The highest BCUT2D eigenvalue weighted by atomic mass is 35.5. The molecule has 11 heteroatoms. The number of carbonyl (C=O) groups is 1. The second-order valence-corrected chi connectivity index (χ2v) is 19.0. The van der Waals surface area contributed by atoms with E-state index < -0.39 is 11.0 Å². The number of morpholine rings is 1. The Labute approximate surface area is 324 Å². The smallest absolute Gasteiger partial charge is 0.263 e. The van der Waals surface area contributed by atoms with Gasteiger partial charge in [0.15, 0.2) is 0 Å². The van der Waals surface area contributed by atoms with Crippen LogP contribution in [0.1, 0.15) is 87.2 Å². The molecule has 1 spiro atoms. The van der Waals surface area contributed by atoms with Crippen LogP contribution in [0.25, 0.3) is 0 Å². The number of nitrogens with zero attached hydrogens (tertiary/aromatic N) is 3. The molecule has 290 valence electrons. The highest BCUT2D eigenvalue weighted by molar-refractivity contribution is 7.84. The molecular formula is C42H59ClN4O5S. The van der Waals surface area contributed by atoms with Gasteiger partial charge in [-0.15, -0.1) is 0 Å². The Morgan fingerprint density at radius 2 is 1.92 bits per heavy atom. The van der Waals surface area contributed by atoms with Gasteiger partial charge in [0.25, 0.3) is 5.91 Å². The van der Waals surface area contributed by atoms with Crippen molar-refractivity contribution < 1.29 is 23.2 Å². The Hall–Kier alpha value is -2.21. The van der Waals surface area contributed by atoms with Crippen molar-refractivity contribution in [1.82, 2.24) is 14.5 Å². The molecule has 1 amide bonds. The van der Waals surface area contributed by atoms with Crippen molar-refractivity contribution in [3.8, 4) is 5.75 Å². The molecule has 3 fully saturated rings. The molecule has 2 aromatic rings. The van der Waals surface area contributed by atoms with Crippen LogP contribution < -0.4 is 14.4 Å². The van der Waals surface area contributed by atoms with E-state index in [0.717, 1.165) is 127 Å². The lowest BCUT2D eigenvalue weighted by Crippen LogP contribution is -2.63. The fourth-order valence-electron chi connectivity index (χ4n) is 10.7. The third kappa shape index (κ3) is 7.54. The summed E-state index contributed by atoms with van der Waals surface area (Å²) in [7, 11) is -1.51. The number of amides is 1. The monoisotopic (exact) mass is 766 g/mol. The third-order valence-corrected chi connectivity index (χ3v) is 15.6. The molecule has 8 rings (SSSR count). The van der Waals surface area contributed by atoms with Crippen molar-refractivity contribution in [2.45, 2.75) is 94.4 Å². The summed E-state index contributed by atoms with van der Waals surface area (Å²) in [6.45, 7) is 16.0. The number of fused-ring (bicyclic) bond motifs is 5. The van der Waals surface area contributed by atoms with E-state index in [1.807, 2.05) is 31.2 Å². The zero-order valence-electron chi connectivity index (χ0n) is 32.0. The molecule has 4 heterocycles. The molecule has 9 nitrogen and oxygen atoms in total.